The number of aryl methyl sites for hydroxylation is 1. The van der Waals surface area contributed by atoms with Gasteiger partial charge in [0.05, 0.1) is 5.69 Å². The number of rotatable bonds is 6. The van der Waals surface area contributed by atoms with Gasteiger partial charge in [-0.2, -0.15) is 0 Å². The van der Waals surface area contributed by atoms with Gasteiger partial charge in [-0.3, -0.25) is 4.98 Å². The average molecular weight is 348 g/mol. The van der Waals surface area contributed by atoms with E-state index in [9.17, 15) is 0 Å². The average Bonchev–Trinajstić information content (AvgIpc) is 2.45. The highest BCUT2D eigenvalue weighted by Crippen LogP contribution is 2.23. The van der Waals surface area contributed by atoms with E-state index in [1.54, 1.807) is 0 Å². The van der Waals surface area contributed by atoms with Crippen LogP contribution in [0.1, 0.15) is 29.4 Å². The predicted octanol–water partition coefficient (Wildman–Crippen LogP) is 3.67. The van der Waals surface area contributed by atoms with Crippen molar-refractivity contribution in [1.29, 1.82) is 0 Å². The molecule has 0 amide bonds. The summed E-state index contributed by atoms with van der Waals surface area (Å²) in [5.74, 6) is 0. The fourth-order valence-corrected chi connectivity index (χ4v) is 2.91. The molecule has 0 saturated carbocycles. The van der Waals surface area contributed by atoms with Gasteiger partial charge in [0.1, 0.15) is 0 Å². The summed E-state index contributed by atoms with van der Waals surface area (Å²) in [6.45, 7) is 3.81. The van der Waals surface area contributed by atoms with E-state index in [-0.39, 0.29) is 6.04 Å². The Morgan fingerprint density at radius 3 is 2.67 bits per heavy atom. The lowest BCUT2D eigenvalue weighted by Crippen LogP contribution is -2.24. The zero-order valence-corrected chi connectivity index (χ0v) is 14.2. The first kappa shape index (κ1) is 16.1. The molecule has 0 spiro atoms. The Bertz CT molecular complexity index is 586. The number of halogens is 1. The first-order chi connectivity index (χ1) is 10.1. The maximum Gasteiger partial charge on any atom is 0.0547 e. The summed E-state index contributed by atoms with van der Waals surface area (Å²) < 4.78 is 1.08. The maximum absolute atomic E-state index is 6.29. The van der Waals surface area contributed by atoms with Crippen LogP contribution in [0.5, 0.6) is 0 Å². The molecule has 2 N–H and O–H groups in total. The molecule has 4 heteroatoms. The van der Waals surface area contributed by atoms with Gasteiger partial charge in [0.15, 0.2) is 0 Å². The molecule has 2 rings (SSSR count). The van der Waals surface area contributed by atoms with Crippen molar-refractivity contribution in [2.45, 2.75) is 25.9 Å². The van der Waals surface area contributed by atoms with E-state index in [0.717, 1.165) is 35.4 Å². The quantitative estimate of drug-likeness (QED) is 0.866. The first-order valence-electron chi connectivity index (χ1n) is 7.17. The van der Waals surface area contributed by atoms with Crippen molar-refractivity contribution in [1.82, 2.24) is 9.88 Å². The van der Waals surface area contributed by atoms with Crippen LogP contribution in [-0.2, 0) is 6.54 Å². The van der Waals surface area contributed by atoms with E-state index >= 15 is 0 Å². The molecule has 112 valence electrons. The molecule has 0 saturated heterocycles. The summed E-state index contributed by atoms with van der Waals surface area (Å²) in [6.07, 6.45) is 0.922. The number of nitrogens with two attached hydrogens (primary N) is 1. The van der Waals surface area contributed by atoms with Crippen molar-refractivity contribution in [3.8, 4) is 0 Å². The number of pyridine rings is 1. The Morgan fingerprint density at radius 2 is 1.95 bits per heavy atom. The molecule has 21 heavy (non-hydrogen) atoms. The second-order valence-electron chi connectivity index (χ2n) is 5.42. The molecule has 1 atom stereocenters. The Morgan fingerprint density at radius 1 is 1.19 bits per heavy atom. The van der Waals surface area contributed by atoms with Gasteiger partial charge >= 0.3 is 0 Å². The Balaban J connectivity index is 1.86. The summed E-state index contributed by atoms with van der Waals surface area (Å²) in [4.78, 5) is 6.79. The lowest BCUT2D eigenvalue weighted by Gasteiger charge is -2.20. The zero-order valence-electron chi connectivity index (χ0n) is 12.6. The van der Waals surface area contributed by atoms with Gasteiger partial charge in [0, 0.05) is 29.3 Å². The van der Waals surface area contributed by atoms with Gasteiger partial charge in [-0.25, -0.2) is 0 Å². The molecule has 0 radical (unpaired) electrons. The summed E-state index contributed by atoms with van der Waals surface area (Å²) in [5.41, 5.74) is 9.62. The third-order valence-electron chi connectivity index (χ3n) is 3.50. The Hall–Kier alpha value is -1.23. The van der Waals surface area contributed by atoms with Crippen LogP contribution in [0, 0.1) is 6.92 Å². The van der Waals surface area contributed by atoms with E-state index in [4.69, 9.17) is 5.73 Å². The smallest absolute Gasteiger partial charge is 0.0547 e. The van der Waals surface area contributed by atoms with Gasteiger partial charge in [0.2, 0.25) is 0 Å². The van der Waals surface area contributed by atoms with Crippen molar-refractivity contribution in [2.75, 3.05) is 13.6 Å². The minimum Gasteiger partial charge on any atom is -0.324 e. The number of benzene rings is 1. The minimum atomic E-state index is 0.0495. The highest BCUT2D eigenvalue weighted by molar-refractivity contribution is 9.10. The second kappa shape index (κ2) is 7.69. The molecular weight excluding hydrogens is 326 g/mol. The molecule has 1 heterocycles. The molecule has 0 aliphatic heterocycles. The standard InChI is InChI=1S/C17H22BrN3/c1-13-6-5-7-14(20-13)12-21(2)11-10-17(19)15-8-3-4-9-16(15)18/h3-9,17H,10-12,19H2,1-2H3. The normalized spacial score (nSPS) is 12.6. The van der Waals surface area contributed by atoms with E-state index in [1.807, 2.05) is 31.2 Å². The summed E-state index contributed by atoms with van der Waals surface area (Å²) >= 11 is 3.56. The molecule has 0 aliphatic carbocycles. The fraction of sp³-hybridized carbons (Fsp3) is 0.353. The molecule has 0 bridgehead atoms. The van der Waals surface area contributed by atoms with Crippen LogP contribution in [0.2, 0.25) is 0 Å². The topological polar surface area (TPSA) is 42.1 Å². The zero-order chi connectivity index (χ0) is 15.2. The minimum absolute atomic E-state index is 0.0495. The van der Waals surface area contributed by atoms with Crippen LogP contribution >= 0.6 is 15.9 Å². The largest absolute Gasteiger partial charge is 0.324 e. The van der Waals surface area contributed by atoms with Crippen molar-refractivity contribution in [3.63, 3.8) is 0 Å². The van der Waals surface area contributed by atoms with Crippen LogP contribution in [-0.4, -0.2) is 23.5 Å². The number of hydrogen-bond donors (Lipinski definition) is 1. The number of hydrogen-bond acceptors (Lipinski definition) is 3. The van der Waals surface area contributed by atoms with Crippen LogP contribution < -0.4 is 5.73 Å². The lowest BCUT2D eigenvalue weighted by atomic mass is 10.0. The highest BCUT2D eigenvalue weighted by Gasteiger charge is 2.10. The molecule has 1 unspecified atom stereocenters. The molecule has 0 aliphatic rings. The summed E-state index contributed by atoms with van der Waals surface area (Å²) in [6, 6.07) is 14.3. The number of aromatic nitrogens is 1. The maximum atomic E-state index is 6.29. The van der Waals surface area contributed by atoms with E-state index in [0.29, 0.717) is 0 Å². The third-order valence-corrected chi connectivity index (χ3v) is 4.23. The Labute approximate surface area is 135 Å². The summed E-state index contributed by atoms with van der Waals surface area (Å²) in [7, 11) is 2.11. The van der Waals surface area contributed by atoms with E-state index in [1.165, 1.54) is 5.56 Å². The van der Waals surface area contributed by atoms with Crippen molar-refractivity contribution in [3.05, 3.63) is 63.9 Å². The monoisotopic (exact) mass is 347 g/mol. The first-order valence-corrected chi connectivity index (χ1v) is 7.96. The van der Waals surface area contributed by atoms with E-state index < -0.39 is 0 Å². The van der Waals surface area contributed by atoms with Crippen LogP contribution in [0.25, 0.3) is 0 Å². The second-order valence-corrected chi connectivity index (χ2v) is 6.28. The predicted molar refractivity (Wildman–Crippen MR) is 91.0 cm³/mol. The van der Waals surface area contributed by atoms with E-state index in [2.05, 4.69) is 51.1 Å². The molecule has 3 nitrogen and oxygen atoms in total. The van der Waals surface area contributed by atoms with Gasteiger partial charge in [-0.15, -0.1) is 0 Å². The molecule has 1 aromatic heterocycles. The molecule has 2 aromatic rings. The van der Waals surface area contributed by atoms with Gasteiger partial charge in [-0.1, -0.05) is 40.2 Å². The fourth-order valence-electron chi connectivity index (χ4n) is 2.33. The van der Waals surface area contributed by atoms with Gasteiger partial charge in [-0.05, 0) is 44.2 Å². The molecule has 0 fully saturated rings. The number of nitrogens with zero attached hydrogens (tertiary/aromatic N) is 2. The molecule has 1 aromatic carbocycles. The molecular formula is C17H22BrN3. The van der Waals surface area contributed by atoms with Gasteiger partial charge < -0.3 is 10.6 Å². The SMILES string of the molecule is Cc1cccc(CN(C)CCC(N)c2ccccc2Br)n1. The lowest BCUT2D eigenvalue weighted by molar-refractivity contribution is 0.307. The summed E-state index contributed by atoms with van der Waals surface area (Å²) in [5, 5.41) is 0. The van der Waals surface area contributed by atoms with Crippen molar-refractivity contribution in [2.24, 2.45) is 5.73 Å². The third kappa shape index (κ3) is 4.92. The van der Waals surface area contributed by atoms with Crippen LogP contribution in [0.15, 0.2) is 46.9 Å². The highest BCUT2D eigenvalue weighted by atomic mass is 79.9. The van der Waals surface area contributed by atoms with Crippen LogP contribution in [0.4, 0.5) is 0 Å². The van der Waals surface area contributed by atoms with Gasteiger partial charge in [0.25, 0.3) is 0 Å². The van der Waals surface area contributed by atoms with Crippen molar-refractivity contribution < 1.29 is 0 Å². The van der Waals surface area contributed by atoms with Crippen LogP contribution in [0.3, 0.4) is 0 Å². The Kier molecular flexibility index (Phi) is 5.91. The van der Waals surface area contributed by atoms with Crippen molar-refractivity contribution >= 4 is 15.9 Å².